The maximum absolute atomic E-state index is 12.7. The minimum Gasteiger partial charge on any atom is -0.423 e. The topological polar surface area (TPSA) is 62.5 Å². The van der Waals surface area contributed by atoms with E-state index in [1.54, 1.807) is 0 Å². The first kappa shape index (κ1) is 22.3. The quantitative estimate of drug-likeness (QED) is 0.612. The van der Waals surface area contributed by atoms with Crippen LogP contribution in [0.2, 0.25) is 5.02 Å². The molecule has 1 amide bonds. The van der Waals surface area contributed by atoms with Crippen LogP contribution in [0.15, 0.2) is 28.7 Å². The van der Waals surface area contributed by atoms with E-state index in [2.05, 4.69) is 35.0 Å². The van der Waals surface area contributed by atoms with Crippen LogP contribution in [0.3, 0.4) is 0 Å². The van der Waals surface area contributed by atoms with Gasteiger partial charge in [-0.2, -0.15) is 0 Å². The highest BCUT2D eigenvalue weighted by Gasteiger charge is 2.33. The molecule has 2 aromatic rings. The Hall–Kier alpha value is -1.92. The smallest absolute Gasteiger partial charge is 0.238 e. The molecule has 1 aromatic carbocycles. The minimum absolute atomic E-state index is 0.0656. The van der Waals surface area contributed by atoms with Gasteiger partial charge in [-0.25, -0.2) is 0 Å². The van der Waals surface area contributed by atoms with Crippen molar-refractivity contribution in [3.05, 3.63) is 46.6 Å². The summed E-state index contributed by atoms with van der Waals surface area (Å²) in [5.41, 5.74) is 1.24. The molecule has 31 heavy (non-hydrogen) atoms. The number of piperidine rings is 2. The highest BCUT2D eigenvalue weighted by molar-refractivity contribution is 6.30. The number of carbonyl (C=O) groups excluding carboxylic acids is 1. The summed E-state index contributed by atoms with van der Waals surface area (Å²) in [5.74, 6) is 2.20. The van der Waals surface area contributed by atoms with Crippen LogP contribution in [-0.4, -0.2) is 45.5 Å². The van der Waals surface area contributed by atoms with Crippen LogP contribution in [0.4, 0.5) is 0 Å². The zero-order valence-corrected chi connectivity index (χ0v) is 19.4. The van der Waals surface area contributed by atoms with Crippen molar-refractivity contribution >= 4 is 17.5 Å². The van der Waals surface area contributed by atoms with E-state index in [1.807, 2.05) is 23.1 Å². The number of likely N-dealkylation sites (tertiary alicyclic amines) is 2. The van der Waals surface area contributed by atoms with Crippen LogP contribution < -0.4 is 0 Å². The second-order valence-corrected chi connectivity index (χ2v) is 9.79. The van der Waals surface area contributed by atoms with Crippen molar-refractivity contribution in [2.24, 2.45) is 5.92 Å². The summed E-state index contributed by atoms with van der Waals surface area (Å²) >= 11 is 6.12. The fourth-order valence-electron chi connectivity index (χ4n) is 4.73. The Morgan fingerprint density at radius 2 is 1.90 bits per heavy atom. The fraction of sp³-hybridized carbons (Fsp3) is 0.625. The van der Waals surface area contributed by atoms with E-state index in [0.29, 0.717) is 24.1 Å². The van der Waals surface area contributed by atoms with Crippen molar-refractivity contribution in [2.75, 3.05) is 19.6 Å². The fourth-order valence-corrected chi connectivity index (χ4v) is 4.94. The molecule has 0 bridgehead atoms. The zero-order valence-electron chi connectivity index (χ0n) is 18.6. The molecule has 7 heteroatoms. The highest BCUT2D eigenvalue weighted by atomic mass is 35.5. The number of nitrogens with zero attached hydrogens (tertiary/aromatic N) is 4. The first-order chi connectivity index (χ1) is 15.0. The monoisotopic (exact) mass is 444 g/mol. The van der Waals surface area contributed by atoms with Crippen LogP contribution in [-0.2, 0) is 11.3 Å². The molecule has 2 aliphatic heterocycles. The van der Waals surface area contributed by atoms with E-state index in [4.69, 9.17) is 16.0 Å². The number of benzene rings is 1. The molecule has 4 rings (SSSR count). The molecule has 0 aliphatic carbocycles. The molecule has 2 saturated heterocycles. The first-order valence-corrected chi connectivity index (χ1v) is 12.0. The summed E-state index contributed by atoms with van der Waals surface area (Å²) in [5, 5.41) is 9.57. The van der Waals surface area contributed by atoms with Crippen LogP contribution in [0.25, 0.3) is 0 Å². The van der Waals surface area contributed by atoms with Crippen molar-refractivity contribution in [2.45, 2.75) is 70.9 Å². The summed E-state index contributed by atoms with van der Waals surface area (Å²) in [7, 11) is 0. The zero-order chi connectivity index (χ0) is 21.8. The van der Waals surface area contributed by atoms with Crippen LogP contribution in [0.1, 0.15) is 81.7 Å². The summed E-state index contributed by atoms with van der Waals surface area (Å²) < 4.78 is 6.17. The minimum atomic E-state index is -0.0656. The molecule has 1 aromatic heterocycles. The number of halogens is 1. The third kappa shape index (κ3) is 5.66. The Kier molecular flexibility index (Phi) is 7.28. The number of carbonyl (C=O) groups is 1. The van der Waals surface area contributed by atoms with Gasteiger partial charge in [0.2, 0.25) is 17.7 Å². The average Bonchev–Trinajstić information content (AvgIpc) is 3.24. The second-order valence-electron chi connectivity index (χ2n) is 9.36. The molecular weight excluding hydrogens is 412 g/mol. The van der Waals surface area contributed by atoms with Crippen molar-refractivity contribution in [1.82, 2.24) is 20.0 Å². The lowest BCUT2D eigenvalue weighted by Crippen LogP contribution is -2.39. The Morgan fingerprint density at radius 1 is 1.13 bits per heavy atom. The molecule has 0 spiro atoms. The lowest BCUT2D eigenvalue weighted by molar-refractivity contribution is -0.136. The van der Waals surface area contributed by atoms with E-state index < -0.39 is 0 Å². The standard InChI is InChI=1S/C24H33ClN4O2/c1-17(2)14-22(30)29-11-4-3-8-21(29)24-27-26-23(31-24)19-9-12-28(13-10-19)16-18-6-5-7-20(25)15-18/h5-7,15,17,19,21H,3-4,8-14,16H2,1-2H3/t21-/m1/s1. The predicted molar refractivity (Wildman–Crippen MR) is 121 cm³/mol. The van der Waals surface area contributed by atoms with Crippen molar-refractivity contribution in [3.8, 4) is 0 Å². The molecule has 0 radical (unpaired) electrons. The van der Waals surface area contributed by atoms with Crippen molar-refractivity contribution < 1.29 is 9.21 Å². The molecule has 168 valence electrons. The number of amides is 1. The maximum Gasteiger partial charge on any atom is 0.238 e. The molecular formula is C24H33ClN4O2. The Balaban J connectivity index is 1.36. The average molecular weight is 445 g/mol. The van der Waals surface area contributed by atoms with Crippen molar-refractivity contribution in [3.63, 3.8) is 0 Å². The van der Waals surface area contributed by atoms with E-state index in [9.17, 15) is 4.79 Å². The molecule has 1 atom stereocenters. The maximum atomic E-state index is 12.7. The van der Waals surface area contributed by atoms with Gasteiger partial charge in [-0.1, -0.05) is 37.6 Å². The van der Waals surface area contributed by atoms with Crippen molar-refractivity contribution in [1.29, 1.82) is 0 Å². The molecule has 2 fully saturated rings. The lowest BCUT2D eigenvalue weighted by Gasteiger charge is -2.34. The van der Waals surface area contributed by atoms with Gasteiger partial charge in [0.1, 0.15) is 6.04 Å². The van der Waals surface area contributed by atoms with Gasteiger partial charge in [0.15, 0.2) is 0 Å². The third-order valence-corrected chi connectivity index (χ3v) is 6.61. The van der Waals surface area contributed by atoms with Crippen LogP contribution >= 0.6 is 11.6 Å². The highest BCUT2D eigenvalue weighted by Crippen LogP contribution is 2.34. The van der Waals surface area contributed by atoms with Gasteiger partial charge in [0, 0.05) is 30.5 Å². The van der Waals surface area contributed by atoms with Gasteiger partial charge >= 0.3 is 0 Å². The van der Waals surface area contributed by atoms with Gasteiger partial charge in [0.25, 0.3) is 0 Å². The molecule has 0 unspecified atom stereocenters. The Labute approximate surface area is 190 Å². The molecule has 0 N–H and O–H groups in total. The summed E-state index contributed by atoms with van der Waals surface area (Å²) in [4.78, 5) is 17.1. The van der Waals surface area contributed by atoms with Gasteiger partial charge in [-0.05, 0) is 68.8 Å². The lowest BCUT2D eigenvalue weighted by atomic mass is 9.96. The van der Waals surface area contributed by atoms with E-state index >= 15 is 0 Å². The van der Waals surface area contributed by atoms with Gasteiger partial charge in [-0.3, -0.25) is 9.69 Å². The molecule has 2 aliphatic rings. The SMILES string of the molecule is CC(C)CC(=O)N1CCCC[C@@H]1c1nnc(C2CCN(Cc3cccc(Cl)c3)CC2)o1. The largest absolute Gasteiger partial charge is 0.423 e. The van der Waals surface area contributed by atoms with Gasteiger partial charge in [-0.15, -0.1) is 10.2 Å². The number of hydrogen-bond donors (Lipinski definition) is 0. The van der Waals surface area contributed by atoms with Crippen LogP contribution in [0.5, 0.6) is 0 Å². The number of hydrogen-bond acceptors (Lipinski definition) is 5. The third-order valence-electron chi connectivity index (χ3n) is 6.38. The molecule has 3 heterocycles. The van der Waals surface area contributed by atoms with Crippen LogP contribution in [0, 0.1) is 5.92 Å². The first-order valence-electron chi connectivity index (χ1n) is 11.6. The van der Waals surface area contributed by atoms with E-state index in [0.717, 1.165) is 69.2 Å². The predicted octanol–water partition coefficient (Wildman–Crippen LogP) is 5.20. The van der Waals surface area contributed by atoms with E-state index in [-0.39, 0.29) is 11.9 Å². The molecule has 6 nitrogen and oxygen atoms in total. The van der Waals surface area contributed by atoms with E-state index in [1.165, 1.54) is 5.56 Å². The molecule has 0 saturated carbocycles. The second kappa shape index (κ2) is 10.1. The summed E-state index contributed by atoms with van der Waals surface area (Å²) in [6.45, 7) is 7.86. The van der Waals surface area contributed by atoms with Gasteiger partial charge in [0.05, 0.1) is 0 Å². The number of aromatic nitrogens is 2. The Bertz CT molecular complexity index is 876. The van der Waals surface area contributed by atoms with Gasteiger partial charge < -0.3 is 9.32 Å². The normalized spacial score (nSPS) is 21.0. The summed E-state index contributed by atoms with van der Waals surface area (Å²) in [6.07, 6.45) is 5.62. The Morgan fingerprint density at radius 3 is 2.65 bits per heavy atom. The summed E-state index contributed by atoms with van der Waals surface area (Å²) in [6, 6.07) is 8.01. The number of rotatable bonds is 6.